The summed E-state index contributed by atoms with van der Waals surface area (Å²) in [6.07, 6.45) is 4.20. The van der Waals surface area contributed by atoms with Crippen LogP contribution in [0.15, 0.2) is 29.3 Å². The highest BCUT2D eigenvalue weighted by molar-refractivity contribution is 9.10. The summed E-state index contributed by atoms with van der Waals surface area (Å²) < 4.78 is 11.7. The topological polar surface area (TPSA) is 67.8 Å². The maximum absolute atomic E-state index is 11.3. The van der Waals surface area contributed by atoms with Gasteiger partial charge in [0.2, 0.25) is 0 Å². The van der Waals surface area contributed by atoms with E-state index in [0.717, 1.165) is 15.8 Å². The number of carboxylic acid groups (broad SMARTS) is 1. The van der Waals surface area contributed by atoms with Crippen LogP contribution >= 0.6 is 27.7 Å². The Balaban J connectivity index is 2.82. The van der Waals surface area contributed by atoms with Crippen LogP contribution in [-0.4, -0.2) is 42.8 Å². The second-order valence-corrected chi connectivity index (χ2v) is 6.60. The molecule has 7 heteroatoms. The minimum atomic E-state index is -0.837. The van der Waals surface area contributed by atoms with Gasteiger partial charge in [0.15, 0.2) is 11.5 Å². The normalized spacial score (nSPS) is 11.8. The number of rotatable bonds is 11. The van der Waals surface area contributed by atoms with Gasteiger partial charge in [-0.25, -0.2) is 0 Å². The number of hydrogen-bond donors (Lipinski definition) is 2. The summed E-state index contributed by atoms with van der Waals surface area (Å²) in [7, 11) is 1.57. The molecule has 1 rings (SSSR count). The molecule has 0 bridgehead atoms. The maximum atomic E-state index is 11.3. The number of aliphatic carboxylic acids is 1. The molecule has 0 aliphatic rings. The lowest BCUT2D eigenvalue weighted by molar-refractivity contribution is -0.139. The number of hydrogen-bond acceptors (Lipinski definition) is 5. The number of ether oxygens (including phenoxy) is 2. The summed E-state index contributed by atoms with van der Waals surface area (Å²) in [5, 5.41) is 12.3. The first-order valence-corrected chi connectivity index (χ1v) is 9.27. The van der Waals surface area contributed by atoms with Gasteiger partial charge in [0.05, 0.1) is 11.6 Å². The van der Waals surface area contributed by atoms with E-state index in [-0.39, 0.29) is 0 Å². The Morgan fingerprint density at radius 1 is 1.57 bits per heavy atom. The molecule has 23 heavy (non-hydrogen) atoms. The average molecular weight is 404 g/mol. The Hall–Kier alpha value is -1.18. The summed E-state index contributed by atoms with van der Waals surface area (Å²) >= 11 is 5.09. The monoisotopic (exact) mass is 403 g/mol. The van der Waals surface area contributed by atoms with E-state index in [0.29, 0.717) is 31.1 Å². The molecule has 0 aliphatic carbocycles. The van der Waals surface area contributed by atoms with Gasteiger partial charge in [-0.1, -0.05) is 12.7 Å². The molecule has 0 heterocycles. The Morgan fingerprint density at radius 3 is 2.87 bits per heavy atom. The van der Waals surface area contributed by atoms with Crippen LogP contribution in [0.4, 0.5) is 0 Å². The standard InChI is InChI=1S/C16H22BrNO4S/c1-4-6-22-15-12(17)8-11(9-14(15)21-2)10-18-13(16(19)20)5-7-23-3/h4,8-9,13,18H,1,5-7,10H2,2-3H3,(H,19,20). The van der Waals surface area contributed by atoms with Crippen LogP contribution in [0.3, 0.4) is 0 Å². The lowest BCUT2D eigenvalue weighted by Gasteiger charge is -2.16. The van der Waals surface area contributed by atoms with E-state index in [1.807, 2.05) is 18.4 Å². The molecule has 0 fully saturated rings. The number of nitrogens with one attached hydrogen (secondary N) is 1. The van der Waals surface area contributed by atoms with Crippen molar-refractivity contribution in [2.24, 2.45) is 0 Å². The molecule has 2 N–H and O–H groups in total. The molecule has 0 saturated heterocycles. The lowest BCUT2D eigenvalue weighted by atomic mass is 10.1. The molecule has 1 atom stereocenters. The van der Waals surface area contributed by atoms with Gasteiger partial charge in [-0.15, -0.1) is 0 Å². The van der Waals surface area contributed by atoms with Gasteiger partial charge < -0.3 is 19.9 Å². The van der Waals surface area contributed by atoms with Crippen molar-refractivity contribution in [2.45, 2.75) is 19.0 Å². The maximum Gasteiger partial charge on any atom is 0.320 e. The van der Waals surface area contributed by atoms with Crippen LogP contribution in [0.5, 0.6) is 11.5 Å². The molecule has 1 unspecified atom stereocenters. The quantitative estimate of drug-likeness (QED) is 0.552. The van der Waals surface area contributed by atoms with Crippen LogP contribution < -0.4 is 14.8 Å². The van der Waals surface area contributed by atoms with Gasteiger partial charge in [-0.05, 0) is 52.1 Å². The van der Waals surface area contributed by atoms with Crippen LogP contribution in [0.1, 0.15) is 12.0 Å². The number of carbonyl (C=O) groups is 1. The van der Waals surface area contributed by atoms with Crippen molar-refractivity contribution in [1.82, 2.24) is 5.32 Å². The predicted octanol–water partition coefficient (Wildman–Crippen LogP) is 3.32. The SMILES string of the molecule is C=CCOc1c(Br)cc(CNC(CCSC)C(=O)O)cc1OC. The van der Waals surface area contributed by atoms with Crippen LogP contribution in [0.25, 0.3) is 0 Å². The molecule has 5 nitrogen and oxygen atoms in total. The van der Waals surface area contributed by atoms with E-state index in [4.69, 9.17) is 9.47 Å². The second kappa shape index (κ2) is 10.6. The number of halogens is 1. The fourth-order valence-corrected chi connectivity index (χ4v) is 3.02. The first kappa shape index (κ1) is 19.9. The Kier molecular flexibility index (Phi) is 9.13. The van der Waals surface area contributed by atoms with Gasteiger partial charge in [0.25, 0.3) is 0 Å². The Labute approximate surface area is 149 Å². The van der Waals surface area contributed by atoms with E-state index in [1.54, 1.807) is 24.9 Å². The zero-order valence-electron chi connectivity index (χ0n) is 13.3. The molecule has 0 aromatic heterocycles. The van der Waals surface area contributed by atoms with Crippen LogP contribution in [0.2, 0.25) is 0 Å². The van der Waals surface area contributed by atoms with Crippen molar-refractivity contribution in [1.29, 1.82) is 0 Å². The van der Waals surface area contributed by atoms with Crippen molar-refractivity contribution >= 4 is 33.7 Å². The number of thioether (sulfide) groups is 1. The fourth-order valence-electron chi connectivity index (χ4n) is 1.95. The van der Waals surface area contributed by atoms with Crippen molar-refractivity contribution < 1.29 is 19.4 Å². The lowest BCUT2D eigenvalue weighted by Crippen LogP contribution is -2.36. The summed E-state index contributed by atoms with van der Waals surface area (Å²) in [5.74, 6) is 1.16. The molecule has 1 aromatic rings. The van der Waals surface area contributed by atoms with Crippen LogP contribution in [-0.2, 0) is 11.3 Å². The van der Waals surface area contributed by atoms with Gasteiger partial charge >= 0.3 is 5.97 Å². The van der Waals surface area contributed by atoms with Crippen LogP contribution in [0, 0.1) is 0 Å². The van der Waals surface area contributed by atoms with Gasteiger partial charge in [-0.3, -0.25) is 4.79 Å². The highest BCUT2D eigenvalue weighted by Crippen LogP contribution is 2.36. The summed E-state index contributed by atoms with van der Waals surface area (Å²) in [5.41, 5.74) is 0.912. The van der Waals surface area contributed by atoms with E-state index in [2.05, 4.69) is 27.8 Å². The highest BCUT2D eigenvalue weighted by Gasteiger charge is 2.17. The molecule has 0 radical (unpaired) electrons. The van der Waals surface area contributed by atoms with Gasteiger partial charge in [-0.2, -0.15) is 11.8 Å². The first-order valence-electron chi connectivity index (χ1n) is 7.08. The zero-order valence-corrected chi connectivity index (χ0v) is 15.7. The minimum absolute atomic E-state index is 0.377. The first-order chi connectivity index (χ1) is 11.0. The molecule has 0 saturated carbocycles. The predicted molar refractivity (Wildman–Crippen MR) is 97.6 cm³/mol. The fraction of sp³-hybridized carbons (Fsp3) is 0.438. The molecule has 0 amide bonds. The minimum Gasteiger partial charge on any atom is -0.493 e. The van der Waals surface area contributed by atoms with Gasteiger partial charge in [0.1, 0.15) is 12.6 Å². The third-order valence-corrected chi connectivity index (χ3v) is 4.33. The molecule has 0 spiro atoms. The molecular weight excluding hydrogens is 382 g/mol. The molecule has 0 aliphatic heterocycles. The number of carboxylic acids is 1. The average Bonchev–Trinajstić information content (AvgIpc) is 2.53. The van der Waals surface area contributed by atoms with Crippen molar-refractivity contribution in [3.63, 3.8) is 0 Å². The summed E-state index contributed by atoms with van der Waals surface area (Å²) in [4.78, 5) is 11.3. The largest absolute Gasteiger partial charge is 0.493 e. The number of benzene rings is 1. The van der Waals surface area contributed by atoms with E-state index in [9.17, 15) is 9.90 Å². The van der Waals surface area contributed by atoms with E-state index >= 15 is 0 Å². The molecular formula is C16H22BrNO4S. The second-order valence-electron chi connectivity index (χ2n) is 4.76. The third-order valence-electron chi connectivity index (χ3n) is 3.10. The zero-order chi connectivity index (χ0) is 17.2. The van der Waals surface area contributed by atoms with Crippen molar-refractivity contribution in [3.05, 3.63) is 34.8 Å². The third kappa shape index (κ3) is 6.45. The van der Waals surface area contributed by atoms with E-state index in [1.165, 1.54) is 0 Å². The van der Waals surface area contributed by atoms with Crippen molar-refractivity contribution in [2.75, 3.05) is 25.7 Å². The summed E-state index contributed by atoms with van der Waals surface area (Å²) in [6.45, 7) is 4.43. The molecule has 128 valence electrons. The van der Waals surface area contributed by atoms with E-state index < -0.39 is 12.0 Å². The Morgan fingerprint density at radius 2 is 2.30 bits per heavy atom. The Bertz CT molecular complexity index is 539. The smallest absolute Gasteiger partial charge is 0.320 e. The summed E-state index contributed by atoms with van der Waals surface area (Å²) in [6, 6.07) is 3.16. The molecule has 1 aromatic carbocycles. The highest BCUT2D eigenvalue weighted by atomic mass is 79.9. The number of methoxy groups -OCH3 is 1. The van der Waals surface area contributed by atoms with Crippen molar-refractivity contribution in [3.8, 4) is 11.5 Å². The van der Waals surface area contributed by atoms with Gasteiger partial charge in [0, 0.05) is 6.54 Å².